The first-order valence-electron chi connectivity index (χ1n) is 10.3. The summed E-state index contributed by atoms with van der Waals surface area (Å²) in [7, 11) is 0. The van der Waals surface area contributed by atoms with E-state index in [-0.39, 0.29) is 23.1 Å². The zero-order valence-corrected chi connectivity index (χ0v) is 17.6. The van der Waals surface area contributed by atoms with E-state index in [2.05, 4.69) is 10.3 Å². The molecule has 0 aliphatic carbocycles. The predicted octanol–water partition coefficient (Wildman–Crippen LogP) is 3.00. The Labute approximate surface area is 184 Å². The number of fused-ring (bicyclic) bond motifs is 1. The van der Waals surface area contributed by atoms with Crippen LogP contribution in [-0.4, -0.2) is 34.5 Å². The second-order valence-electron chi connectivity index (χ2n) is 7.50. The van der Waals surface area contributed by atoms with Crippen molar-refractivity contribution in [2.24, 2.45) is 0 Å². The van der Waals surface area contributed by atoms with E-state index in [4.69, 9.17) is 9.47 Å². The highest BCUT2D eigenvalue weighted by molar-refractivity contribution is 6.01. The van der Waals surface area contributed by atoms with E-state index in [1.165, 1.54) is 10.5 Å². The number of aromatic nitrogens is 2. The molecule has 3 aromatic rings. The van der Waals surface area contributed by atoms with E-state index in [9.17, 15) is 14.9 Å². The molecule has 2 aromatic heterocycles. The molecule has 162 valence electrons. The Morgan fingerprint density at radius 3 is 3.00 bits per heavy atom. The molecule has 8 heteroatoms. The number of pyridine rings is 1. The van der Waals surface area contributed by atoms with E-state index < -0.39 is 11.5 Å². The average Bonchev–Trinajstić information content (AvgIpc) is 3.31. The highest BCUT2D eigenvalue weighted by Gasteiger charge is 2.20. The number of amides is 1. The number of nitrogens with zero attached hydrogens (tertiary/aromatic N) is 3. The van der Waals surface area contributed by atoms with Crippen molar-refractivity contribution < 1.29 is 14.3 Å². The molecule has 1 unspecified atom stereocenters. The van der Waals surface area contributed by atoms with Crippen molar-refractivity contribution in [3.05, 3.63) is 75.7 Å². The van der Waals surface area contributed by atoms with Gasteiger partial charge < -0.3 is 14.8 Å². The molecule has 1 N–H and O–H groups in total. The minimum Gasteiger partial charge on any atom is -0.438 e. The van der Waals surface area contributed by atoms with E-state index >= 15 is 0 Å². The van der Waals surface area contributed by atoms with Gasteiger partial charge in [-0.3, -0.25) is 14.0 Å². The van der Waals surface area contributed by atoms with Gasteiger partial charge in [0.1, 0.15) is 28.6 Å². The number of rotatable bonds is 6. The zero-order chi connectivity index (χ0) is 22.5. The van der Waals surface area contributed by atoms with Crippen molar-refractivity contribution >= 4 is 17.6 Å². The first-order chi connectivity index (χ1) is 15.5. The molecule has 8 nitrogen and oxygen atoms in total. The number of nitrogens with one attached hydrogen (secondary N) is 1. The summed E-state index contributed by atoms with van der Waals surface area (Å²) in [5.41, 5.74) is 0.714. The molecule has 3 heterocycles. The van der Waals surface area contributed by atoms with Gasteiger partial charge in [-0.2, -0.15) is 10.2 Å². The maximum Gasteiger partial charge on any atom is 0.269 e. The average molecular weight is 430 g/mol. The Balaban J connectivity index is 1.73. The van der Waals surface area contributed by atoms with Gasteiger partial charge in [0.2, 0.25) is 5.88 Å². The summed E-state index contributed by atoms with van der Waals surface area (Å²) in [6.45, 7) is 2.89. The van der Waals surface area contributed by atoms with Gasteiger partial charge in [0.05, 0.1) is 6.10 Å². The summed E-state index contributed by atoms with van der Waals surface area (Å²) in [4.78, 5) is 30.2. The van der Waals surface area contributed by atoms with Gasteiger partial charge in [-0.15, -0.1) is 0 Å². The number of hydrogen-bond acceptors (Lipinski definition) is 6. The molecule has 1 aromatic carbocycles. The lowest BCUT2D eigenvalue weighted by Gasteiger charge is -2.12. The second kappa shape index (κ2) is 9.45. The van der Waals surface area contributed by atoms with Crippen LogP contribution in [0, 0.1) is 18.3 Å². The Kier molecular flexibility index (Phi) is 6.29. The van der Waals surface area contributed by atoms with E-state index in [1.54, 1.807) is 30.5 Å². The highest BCUT2D eigenvalue weighted by atomic mass is 16.5. The van der Waals surface area contributed by atoms with Gasteiger partial charge in [0.15, 0.2) is 0 Å². The van der Waals surface area contributed by atoms with Gasteiger partial charge >= 0.3 is 0 Å². The topological polar surface area (TPSA) is 106 Å². The third kappa shape index (κ3) is 4.68. The number of aryl methyl sites for hydroxylation is 1. The van der Waals surface area contributed by atoms with Gasteiger partial charge in [0.25, 0.3) is 11.5 Å². The minimum absolute atomic E-state index is 0.0130. The van der Waals surface area contributed by atoms with Crippen LogP contribution in [0.5, 0.6) is 11.6 Å². The summed E-state index contributed by atoms with van der Waals surface area (Å²) in [6.07, 6.45) is 4.54. The molecule has 1 fully saturated rings. The highest BCUT2D eigenvalue weighted by Crippen LogP contribution is 2.24. The van der Waals surface area contributed by atoms with Crippen LogP contribution in [0.15, 0.2) is 59.0 Å². The van der Waals surface area contributed by atoms with Gasteiger partial charge in [-0.05, 0) is 55.7 Å². The molecule has 1 aliphatic rings. The lowest BCUT2D eigenvalue weighted by atomic mass is 10.1. The van der Waals surface area contributed by atoms with Crippen molar-refractivity contribution in [3.63, 3.8) is 0 Å². The maximum absolute atomic E-state index is 13.2. The normalized spacial score (nSPS) is 16.0. The summed E-state index contributed by atoms with van der Waals surface area (Å²) in [5, 5.41) is 12.3. The Bertz CT molecular complexity index is 1280. The minimum atomic E-state index is -0.581. The number of carbonyl (C=O) groups excluding carboxylic acids is 1. The quantitative estimate of drug-likeness (QED) is 0.476. The van der Waals surface area contributed by atoms with Crippen LogP contribution in [0.2, 0.25) is 0 Å². The number of benzene rings is 1. The van der Waals surface area contributed by atoms with Crippen LogP contribution in [0.25, 0.3) is 11.7 Å². The number of carbonyl (C=O) groups is 1. The summed E-state index contributed by atoms with van der Waals surface area (Å²) in [5.74, 6) is -0.0679. The molecular formula is C24H22N4O4. The summed E-state index contributed by atoms with van der Waals surface area (Å²) < 4.78 is 12.8. The first-order valence-corrected chi connectivity index (χ1v) is 10.3. The fourth-order valence-electron chi connectivity index (χ4n) is 3.47. The van der Waals surface area contributed by atoms with Crippen molar-refractivity contribution in [2.75, 3.05) is 13.2 Å². The first kappa shape index (κ1) is 21.3. The van der Waals surface area contributed by atoms with Crippen LogP contribution in [-0.2, 0) is 9.53 Å². The van der Waals surface area contributed by atoms with Crippen LogP contribution in [0.3, 0.4) is 0 Å². The molecule has 1 aliphatic heterocycles. The van der Waals surface area contributed by atoms with Crippen molar-refractivity contribution in [2.45, 2.75) is 25.9 Å². The fraction of sp³-hybridized carbons (Fsp3) is 0.250. The third-order valence-electron chi connectivity index (χ3n) is 5.11. The third-order valence-corrected chi connectivity index (χ3v) is 5.11. The predicted molar refractivity (Wildman–Crippen MR) is 118 cm³/mol. The largest absolute Gasteiger partial charge is 0.438 e. The number of ether oxygens (including phenoxy) is 2. The molecule has 0 bridgehead atoms. The van der Waals surface area contributed by atoms with Gasteiger partial charge in [-0.25, -0.2) is 0 Å². The smallest absolute Gasteiger partial charge is 0.269 e. The summed E-state index contributed by atoms with van der Waals surface area (Å²) in [6, 6.07) is 14.3. The SMILES string of the molecule is Cc1cccc(Oc2nc3ccccn3c(=O)c2C=C(C#N)C(=O)NCC2CCCO2)c1. The molecule has 0 spiro atoms. The molecule has 0 radical (unpaired) electrons. The zero-order valence-electron chi connectivity index (χ0n) is 17.6. The molecule has 1 saturated heterocycles. The number of nitriles is 1. The molecular weight excluding hydrogens is 408 g/mol. The van der Waals surface area contributed by atoms with Crippen molar-refractivity contribution in [1.82, 2.24) is 14.7 Å². The Hall–Kier alpha value is -3.96. The lowest BCUT2D eigenvalue weighted by Crippen LogP contribution is -2.32. The van der Waals surface area contributed by atoms with E-state index in [1.807, 2.05) is 31.2 Å². The van der Waals surface area contributed by atoms with Crippen LogP contribution in [0.1, 0.15) is 24.0 Å². The maximum atomic E-state index is 13.2. The monoisotopic (exact) mass is 430 g/mol. The molecule has 1 amide bonds. The molecule has 32 heavy (non-hydrogen) atoms. The number of hydrogen-bond donors (Lipinski definition) is 1. The van der Waals surface area contributed by atoms with Gasteiger partial charge in [0, 0.05) is 19.3 Å². The summed E-state index contributed by atoms with van der Waals surface area (Å²) >= 11 is 0. The van der Waals surface area contributed by atoms with Crippen LogP contribution >= 0.6 is 0 Å². The standard InChI is InChI=1S/C24H22N4O4/c1-16-6-4-7-18(12-16)32-23-20(24(30)28-10-3-2-9-21(28)27-23)13-17(14-25)22(29)26-15-19-8-5-11-31-19/h2-4,6-7,9-10,12-13,19H,5,8,11,15H2,1H3,(H,26,29). The van der Waals surface area contributed by atoms with Gasteiger partial charge in [-0.1, -0.05) is 18.2 Å². The molecule has 4 rings (SSSR count). The lowest BCUT2D eigenvalue weighted by molar-refractivity contribution is -0.117. The fourth-order valence-corrected chi connectivity index (χ4v) is 3.47. The van der Waals surface area contributed by atoms with Crippen molar-refractivity contribution in [3.8, 4) is 17.7 Å². The Morgan fingerprint density at radius 1 is 1.38 bits per heavy atom. The molecule has 1 atom stereocenters. The van der Waals surface area contributed by atoms with Crippen LogP contribution < -0.4 is 15.6 Å². The van der Waals surface area contributed by atoms with E-state index in [0.29, 0.717) is 24.5 Å². The molecule has 0 saturated carbocycles. The second-order valence-corrected chi connectivity index (χ2v) is 7.50. The van der Waals surface area contributed by atoms with Crippen LogP contribution in [0.4, 0.5) is 0 Å². The Morgan fingerprint density at radius 2 is 2.25 bits per heavy atom. The van der Waals surface area contributed by atoms with Crippen molar-refractivity contribution in [1.29, 1.82) is 5.26 Å². The van der Waals surface area contributed by atoms with E-state index in [0.717, 1.165) is 18.4 Å².